The van der Waals surface area contributed by atoms with E-state index in [1.807, 2.05) is 6.07 Å². The maximum absolute atomic E-state index is 5.34. The molecule has 1 aliphatic rings. The molecule has 3 nitrogen and oxygen atoms in total. The van der Waals surface area contributed by atoms with E-state index in [1.165, 1.54) is 12.0 Å². The Bertz CT molecular complexity index is 277. The summed E-state index contributed by atoms with van der Waals surface area (Å²) in [4.78, 5) is 0. The maximum atomic E-state index is 5.34. The summed E-state index contributed by atoms with van der Waals surface area (Å²) in [6.07, 6.45) is 2.93. The van der Waals surface area contributed by atoms with Crippen LogP contribution in [0.5, 0.6) is 0 Å². The summed E-state index contributed by atoms with van der Waals surface area (Å²) in [6, 6.07) is 2.00. The lowest BCUT2D eigenvalue weighted by Gasteiger charge is -2.08. The van der Waals surface area contributed by atoms with E-state index in [0.717, 1.165) is 32.1 Å². The molecule has 1 N–H and O–H groups in total. The van der Waals surface area contributed by atoms with E-state index in [4.69, 9.17) is 9.15 Å². The highest BCUT2D eigenvalue weighted by molar-refractivity contribution is 5.14. The second kappa shape index (κ2) is 4.62. The first-order valence-electron chi connectivity index (χ1n) is 5.17. The Morgan fingerprint density at radius 2 is 2.50 bits per heavy atom. The van der Waals surface area contributed by atoms with Crippen LogP contribution in [0.4, 0.5) is 0 Å². The summed E-state index contributed by atoms with van der Waals surface area (Å²) in [5, 5.41) is 3.40. The molecule has 1 atom stereocenters. The third-order valence-corrected chi connectivity index (χ3v) is 2.71. The second-order valence-corrected chi connectivity index (χ2v) is 3.89. The van der Waals surface area contributed by atoms with Crippen LogP contribution in [0.3, 0.4) is 0 Å². The zero-order valence-corrected chi connectivity index (χ0v) is 8.58. The SMILES string of the molecule is Cc1ccoc1CNCC1CCOC1. The molecule has 2 rings (SSSR count). The van der Waals surface area contributed by atoms with Crippen molar-refractivity contribution in [2.75, 3.05) is 19.8 Å². The highest BCUT2D eigenvalue weighted by atomic mass is 16.5. The average molecular weight is 195 g/mol. The van der Waals surface area contributed by atoms with E-state index >= 15 is 0 Å². The predicted octanol–water partition coefficient (Wildman–Crippen LogP) is 1.71. The van der Waals surface area contributed by atoms with Gasteiger partial charge in [-0.25, -0.2) is 0 Å². The molecule has 0 aromatic carbocycles. The summed E-state index contributed by atoms with van der Waals surface area (Å²) in [5.41, 5.74) is 1.22. The molecule has 1 fully saturated rings. The molecule has 0 bridgehead atoms. The smallest absolute Gasteiger partial charge is 0.120 e. The van der Waals surface area contributed by atoms with Crippen LogP contribution >= 0.6 is 0 Å². The summed E-state index contributed by atoms with van der Waals surface area (Å²) in [7, 11) is 0. The fourth-order valence-electron chi connectivity index (χ4n) is 1.72. The summed E-state index contributed by atoms with van der Waals surface area (Å²) in [6.45, 7) is 5.75. The molecule has 0 saturated carbocycles. The largest absolute Gasteiger partial charge is 0.468 e. The van der Waals surface area contributed by atoms with Crippen molar-refractivity contribution >= 4 is 0 Å². The molecule has 0 spiro atoms. The van der Waals surface area contributed by atoms with Gasteiger partial charge in [-0.05, 0) is 30.9 Å². The van der Waals surface area contributed by atoms with Gasteiger partial charge in [-0.3, -0.25) is 0 Å². The highest BCUT2D eigenvalue weighted by Crippen LogP contribution is 2.12. The third-order valence-electron chi connectivity index (χ3n) is 2.71. The molecular weight excluding hydrogens is 178 g/mol. The van der Waals surface area contributed by atoms with Gasteiger partial charge in [-0.2, -0.15) is 0 Å². The normalized spacial score (nSPS) is 21.6. The lowest BCUT2D eigenvalue weighted by Crippen LogP contribution is -2.22. The molecule has 14 heavy (non-hydrogen) atoms. The Kier molecular flexibility index (Phi) is 3.22. The Labute approximate surface area is 84.4 Å². The van der Waals surface area contributed by atoms with Crippen LogP contribution in [0.25, 0.3) is 0 Å². The van der Waals surface area contributed by atoms with Crippen molar-refractivity contribution in [3.8, 4) is 0 Å². The fraction of sp³-hybridized carbons (Fsp3) is 0.636. The van der Waals surface area contributed by atoms with Crippen LogP contribution in [0.1, 0.15) is 17.7 Å². The van der Waals surface area contributed by atoms with E-state index in [9.17, 15) is 0 Å². The molecule has 0 radical (unpaired) electrons. The van der Waals surface area contributed by atoms with Crippen LogP contribution in [-0.4, -0.2) is 19.8 Å². The predicted molar refractivity (Wildman–Crippen MR) is 54.1 cm³/mol. The lowest BCUT2D eigenvalue weighted by atomic mass is 10.1. The van der Waals surface area contributed by atoms with Crippen molar-refractivity contribution in [3.05, 3.63) is 23.7 Å². The number of rotatable bonds is 4. The first-order chi connectivity index (χ1) is 6.86. The average Bonchev–Trinajstić information content (AvgIpc) is 2.78. The number of hydrogen-bond acceptors (Lipinski definition) is 3. The number of ether oxygens (including phenoxy) is 1. The fourth-order valence-corrected chi connectivity index (χ4v) is 1.72. The van der Waals surface area contributed by atoms with E-state index in [1.54, 1.807) is 6.26 Å². The third kappa shape index (κ3) is 2.36. The molecule has 1 unspecified atom stereocenters. The molecule has 1 aromatic rings. The number of aryl methyl sites for hydroxylation is 1. The molecule has 3 heteroatoms. The zero-order chi connectivity index (χ0) is 9.80. The number of nitrogens with one attached hydrogen (secondary N) is 1. The molecule has 0 aliphatic carbocycles. The molecule has 1 aliphatic heterocycles. The molecule has 78 valence electrons. The first-order valence-corrected chi connectivity index (χ1v) is 5.17. The Morgan fingerprint density at radius 1 is 1.57 bits per heavy atom. The van der Waals surface area contributed by atoms with Crippen LogP contribution in [0.2, 0.25) is 0 Å². The van der Waals surface area contributed by atoms with Gasteiger partial charge < -0.3 is 14.5 Å². The van der Waals surface area contributed by atoms with Gasteiger partial charge in [0.25, 0.3) is 0 Å². The minimum absolute atomic E-state index is 0.685. The number of furan rings is 1. The van der Waals surface area contributed by atoms with Crippen LogP contribution in [0, 0.1) is 12.8 Å². The Hall–Kier alpha value is -0.800. The second-order valence-electron chi connectivity index (χ2n) is 3.89. The van der Waals surface area contributed by atoms with Gasteiger partial charge in [0.15, 0.2) is 0 Å². The Balaban J connectivity index is 1.70. The van der Waals surface area contributed by atoms with Crippen LogP contribution in [-0.2, 0) is 11.3 Å². The molecule has 0 amide bonds. The van der Waals surface area contributed by atoms with Gasteiger partial charge in [0.05, 0.1) is 19.4 Å². The monoisotopic (exact) mass is 195 g/mol. The van der Waals surface area contributed by atoms with Gasteiger partial charge in [0.2, 0.25) is 0 Å². The standard InChI is InChI=1S/C11H17NO2/c1-9-2-5-14-11(9)7-12-6-10-3-4-13-8-10/h2,5,10,12H,3-4,6-8H2,1H3. The lowest BCUT2D eigenvalue weighted by molar-refractivity contribution is 0.185. The zero-order valence-electron chi connectivity index (χ0n) is 8.58. The van der Waals surface area contributed by atoms with Gasteiger partial charge in [0.1, 0.15) is 5.76 Å². The van der Waals surface area contributed by atoms with E-state index in [-0.39, 0.29) is 0 Å². The highest BCUT2D eigenvalue weighted by Gasteiger charge is 2.14. The van der Waals surface area contributed by atoms with Crippen molar-refractivity contribution in [3.63, 3.8) is 0 Å². The summed E-state index contributed by atoms with van der Waals surface area (Å²) in [5.74, 6) is 1.73. The van der Waals surface area contributed by atoms with Crippen molar-refractivity contribution < 1.29 is 9.15 Å². The minimum Gasteiger partial charge on any atom is -0.468 e. The molecular formula is C11H17NO2. The van der Waals surface area contributed by atoms with Crippen LogP contribution < -0.4 is 5.32 Å². The molecule has 2 heterocycles. The summed E-state index contributed by atoms with van der Waals surface area (Å²) >= 11 is 0. The number of hydrogen-bond donors (Lipinski definition) is 1. The first kappa shape index (κ1) is 9.74. The van der Waals surface area contributed by atoms with Crippen molar-refractivity contribution in [2.45, 2.75) is 19.9 Å². The van der Waals surface area contributed by atoms with Crippen molar-refractivity contribution in [1.29, 1.82) is 0 Å². The topological polar surface area (TPSA) is 34.4 Å². The van der Waals surface area contributed by atoms with Crippen molar-refractivity contribution in [1.82, 2.24) is 5.32 Å². The molecule has 1 aromatic heterocycles. The van der Waals surface area contributed by atoms with Gasteiger partial charge in [0, 0.05) is 13.2 Å². The van der Waals surface area contributed by atoms with Crippen LogP contribution in [0.15, 0.2) is 16.7 Å². The van der Waals surface area contributed by atoms with Gasteiger partial charge in [-0.15, -0.1) is 0 Å². The summed E-state index contributed by atoms with van der Waals surface area (Å²) < 4.78 is 10.6. The van der Waals surface area contributed by atoms with Gasteiger partial charge in [-0.1, -0.05) is 0 Å². The van der Waals surface area contributed by atoms with E-state index < -0.39 is 0 Å². The quantitative estimate of drug-likeness (QED) is 0.794. The van der Waals surface area contributed by atoms with Gasteiger partial charge >= 0.3 is 0 Å². The Morgan fingerprint density at radius 3 is 3.14 bits per heavy atom. The van der Waals surface area contributed by atoms with E-state index in [0.29, 0.717) is 5.92 Å². The van der Waals surface area contributed by atoms with Crippen molar-refractivity contribution in [2.24, 2.45) is 5.92 Å². The van der Waals surface area contributed by atoms with E-state index in [2.05, 4.69) is 12.2 Å². The minimum atomic E-state index is 0.685. The maximum Gasteiger partial charge on any atom is 0.120 e. The molecule has 1 saturated heterocycles.